The highest BCUT2D eigenvalue weighted by atomic mass is 16.5. The fraction of sp³-hybridized carbons (Fsp3) is 0.769. The van der Waals surface area contributed by atoms with Gasteiger partial charge >= 0.3 is 0 Å². The van der Waals surface area contributed by atoms with E-state index in [0.29, 0.717) is 19.7 Å². The van der Waals surface area contributed by atoms with Gasteiger partial charge in [-0.1, -0.05) is 18.6 Å². The molecule has 0 aromatic carbocycles. The molecule has 2 N–H and O–H groups in total. The van der Waals surface area contributed by atoms with E-state index in [1.165, 1.54) is 0 Å². The summed E-state index contributed by atoms with van der Waals surface area (Å²) in [7, 11) is 1.66. The molecule has 1 amide bonds. The zero-order chi connectivity index (χ0) is 14.8. The monoisotopic (exact) mass is 283 g/mol. The lowest BCUT2D eigenvalue weighted by molar-refractivity contribution is -0.124. The second-order valence-corrected chi connectivity index (χ2v) is 4.68. The number of rotatable bonds is 10. The molecular weight excluding hydrogens is 258 g/mol. The van der Waals surface area contributed by atoms with Gasteiger partial charge in [-0.2, -0.15) is 0 Å². The molecule has 0 saturated carbocycles. The number of nitrogens with one attached hydrogen (secondary N) is 2. The lowest BCUT2D eigenvalue weighted by Gasteiger charge is -2.11. The van der Waals surface area contributed by atoms with Crippen molar-refractivity contribution < 1.29 is 9.53 Å². The minimum Gasteiger partial charge on any atom is -0.383 e. The van der Waals surface area contributed by atoms with E-state index in [1.807, 2.05) is 6.92 Å². The Kier molecular flexibility index (Phi) is 7.82. The number of unbranched alkanes of at least 4 members (excludes halogenated alkanes) is 1. The van der Waals surface area contributed by atoms with Gasteiger partial charge in [-0.15, -0.1) is 5.10 Å². The number of nitrogens with zero attached hydrogens (tertiary/aromatic N) is 3. The maximum Gasteiger partial charge on any atom is 0.244 e. The van der Waals surface area contributed by atoms with Gasteiger partial charge in [-0.05, 0) is 13.3 Å². The normalized spacial score (nSPS) is 12.3. The van der Waals surface area contributed by atoms with Gasteiger partial charge in [0.1, 0.15) is 6.04 Å². The van der Waals surface area contributed by atoms with Gasteiger partial charge in [0.2, 0.25) is 5.91 Å². The van der Waals surface area contributed by atoms with E-state index in [9.17, 15) is 4.79 Å². The third-order valence-electron chi connectivity index (χ3n) is 2.95. The molecule has 0 radical (unpaired) electrons. The summed E-state index contributed by atoms with van der Waals surface area (Å²) in [4.78, 5) is 11.9. The molecule has 7 heteroatoms. The molecule has 7 nitrogen and oxygen atoms in total. The first-order valence-corrected chi connectivity index (χ1v) is 7.07. The number of carbonyl (C=O) groups excluding carboxylic acids is 1. The van der Waals surface area contributed by atoms with Gasteiger partial charge in [0.25, 0.3) is 0 Å². The molecule has 0 saturated heterocycles. The molecule has 1 aromatic rings. The Bertz CT molecular complexity index is 394. The summed E-state index contributed by atoms with van der Waals surface area (Å²) >= 11 is 0. The van der Waals surface area contributed by atoms with Gasteiger partial charge in [0, 0.05) is 26.7 Å². The molecule has 0 fully saturated rings. The SMILES string of the molecule is CCCCNC(=O)C(C)n1cc(CNCCOC)nn1. The van der Waals surface area contributed by atoms with Gasteiger partial charge < -0.3 is 15.4 Å². The number of methoxy groups -OCH3 is 1. The standard InChI is InChI=1S/C13H25N5O2/c1-4-5-6-15-13(19)11(2)18-10-12(16-17-18)9-14-7-8-20-3/h10-11,14H,4-9H2,1-3H3,(H,15,19). The summed E-state index contributed by atoms with van der Waals surface area (Å²) < 4.78 is 6.54. The quantitative estimate of drug-likeness (QED) is 0.611. The van der Waals surface area contributed by atoms with E-state index in [2.05, 4.69) is 27.9 Å². The smallest absolute Gasteiger partial charge is 0.244 e. The summed E-state index contributed by atoms with van der Waals surface area (Å²) in [5.74, 6) is -0.0257. The van der Waals surface area contributed by atoms with Gasteiger partial charge in [-0.25, -0.2) is 4.68 Å². The highest BCUT2D eigenvalue weighted by Gasteiger charge is 2.15. The number of ether oxygens (including phenoxy) is 1. The lowest BCUT2D eigenvalue weighted by atomic mass is 10.3. The zero-order valence-electron chi connectivity index (χ0n) is 12.6. The molecule has 0 spiro atoms. The molecule has 0 aliphatic rings. The topological polar surface area (TPSA) is 81.1 Å². The van der Waals surface area contributed by atoms with E-state index >= 15 is 0 Å². The molecular formula is C13H25N5O2. The maximum absolute atomic E-state index is 11.9. The summed E-state index contributed by atoms with van der Waals surface area (Å²) in [6.45, 7) is 6.65. The fourth-order valence-electron chi connectivity index (χ4n) is 1.63. The third kappa shape index (κ3) is 5.66. The summed E-state index contributed by atoms with van der Waals surface area (Å²) in [5.41, 5.74) is 0.814. The van der Waals surface area contributed by atoms with Crippen LogP contribution >= 0.6 is 0 Å². The van der Waals surface area contributed by atoms with Crippen LogP contribution in [0.15, 0.2) is 6.20 Å². The number of amides is 1. The first kappa shape index (κ1) is 16.6. The average molecular weight is 283 g/mol. The minimum absolute atomic E-state index is 0.0257. The van der Waals surface area contributed by atoms with Crippen molar-refractivity contribution in [2.45, 2.75) is 39.3 Å². The van der Waals surface area contributed by atoms with Crippen molar-refractivity contribution in [1.29, 1.82) is 0 Å². The van der Waals surface area contributed by atoms with Crippen molar-refractivity contribution in [1.82, 2.24) is 25.6 Å². The Balaban J connectivity index is 2.38. The zero-order valence-corrected chi connectivity index (χ0v) is 12.6. The summed E-state index contributed by atoms with van der Waals surface area (Å²) in [5, 5.41) is 14.1. The summed E-state index contributed by atoms with van der Waals surface area (Å²) in [6.07, 6.45) is 3.85. The number of carbonyl (C=O) groups is 1. The highest BCUT2D eigenvalue weighted by Crippen LogP contribution is 2.04. The van der Waals surface area contributed by atoms with E-state index in [0.717, 1.165) is 25.1 Å². The summed E-state index contributed by atoms with van der Waals surface area (Å²) in [6, 6.07) is -0.341. The predicted molar refractivity (Wildman–Crippen MR) is 76.2 cm³/mol. The lowest BCUT2D eigenvalue weighted by Crippen LogP contribution is -2.32. The Morgan fingerprint density at radius 2 is 2.30 bits per heavy atom. The molecule has 1 atom stereocenters. The van der Waals surface area contributed by atoms with Crippen LogP contribution in [0.25, 0.3) is 0 Å². The first-order valence-electron chi connectivity index (χ1n) is 7.07. The molecule has 1 unspecified atom stereocenters. The van der Waals surface area contributed by atoms with E-state index in [4.69, 9.17) is 4.74 Å². The Morgan fingerprint density at radius 1 is 1.50 bits per heavy atom. The van der Waals surface area contributed by atoms with Gasteiger partial charge in [0.05, 0.1) is 18.5 Å². The number of hydrogen-bond donors (Lipinski definition) is 2. The van der Waals surface area contributed by atoms with Crippen LogP contribution in [0.5, 0.6) is 0 Å². The Labute approximate surface area is 120 Å². The second-order valence-electron chi connectivity index (χ2n) is 4.68. The molecule has 0 bridgehead atoms. The molecule has 0 aliphatic heterocycles. The minimum atomic E-state index is -0.341. The third-order valence-corrected chi connectivity index (χ3v) is 2.95. The van der Waals surface area contributed by atoms with Crippen molar-refractivity contribution in [3.8, 4) is 0 Å². The van der Waals surface area contributed by atoms with Crippen LogP contribution in [-0.4, -0.2) is 47.7 Å². The molecule has 0 aliphatic carbocycles. The molecule has 1 rings (SSSR count). The number of hydrogen-bond acceptors (Lipinski definition) is 5. The molecule has 1 heterocycles. The van der Waals surface area contributed by atoms with Crippen LogP contribution in [0.4, 0.5) is 0 Å². The van der Waals surface area contributed by atoms with Crippen molar-refractivity contribution in [2.75, 3.05) is 26.8 Å². The van der Waals surface area contributed by atoms with Crippen LogP contribution in [-0.2, 0) is 16.1 Å². The van der Waals surface area contributed by atoms with Crippen molar-refractivity contribution in [3.63, 3.8) is 0 Å². The van der Waals surface area contributed by atoms with Crippen LogP contribution in [0, 0.1) is 0 Å². The largest absolute Gasteiger partial charge is 0.383 e. The van der Waals surface area contributed by atoms with Gasteiger partial charge in [-0.3, -0.25) is 4.79 Å². The predicted octanol–water partition coefficient (Wildman–Crippen LogP) is 0.491. The van der Waals surface area contributed by atoms with Crippen molar-refractivity contribution in [2.24, 2.45) is 0 Å². The molecule has 1 aromatic heterocycles. The van der Waals surface area contributed by atoms with Crippen LogP contribution in [0.3, 0.4) is 0 Å². The van der Waals surface area contributed by atoms with Gasteiger partial charge in [0.15, 0.2) is 0 Å². The first-order chi connectivity index (χ1) is 9.69. The molecule has 20 heavy (non-hydrogen) atoms. The van der Waals surface area contributed by atoms with Crippen LogP contribution in [0.2, 0.25) is 0 Å². The number of aromatic nitrogens is 3. The van der Waals surface area contributed by atoms with Crippen LogP contribution < -0.4 is 10.6 Å². The average Bonchev–Trinajstić information content (AvgIpc) is 2.91. The van der Waals surface area contributed by atoms with E-state index < -0.39 is 0 Å². The van der Waals surface area contributed by atoms with Crippen LogP contribution in [0.1, 0.15) is 38.4 Å². The van der Waals surface area contributed by atoms with E-state index in [-0.39, 0.29) is 11.9 Å². The second kappa shape index (κ2) is 9.44. The Hall–Kier alpha value is -1.47. The Morgan fingerprint density at radius 3 is 3.00 bits per heavy atom. The van der Waals surface area contributed by atoms with Crippen molar-refractivity contribution >= 4 is 5.91 Å². The maximum atomic E-state index is 11.9. The van der Waals surface area contributed by atoms with E-state index in [1.54, 1.807) is 18.0 Å². The fourth-order valence-corrected chi connectivity index (χ4v) is 1.63. The molecule has 114 valence electrons. The highest BCUT2D eigenvalue weighted by molar-refractivity contribution is 5.79. The van der Waals surface area contributed by atoms with Crippen molar-refractivity contribution in [3.05, 3.63) is 11.9 Å².